The predicted octanol–water partition coefficient (Wildman–Crippen LogP) is 4.82. The molecule has 1 amide bonds. The van der Waals surface area contributed by atoms with Gasteiger partial charge in [-0.1, -0.05) is 18.0 Å². The lowest BCUT2D eigenvalue weighted by Gasteiger charge is -2.34. The van der Waals surface area contributed by atoms with E-state index >= 15 is 0 Å². The molecular weight excluding hydrogens is 384 g/mol. The number of hydrogen-bond donors (Lipinski definition) is 1. The lowest BCUT2D eigenvalue weighted by molar-refractivity contribution is 0.0500. The minimum Gasteiger partial charge on any atom is -0.492 e. The molecule has 0 spiro atoms. The van der Waals surface area contributed by atoms with Crippen molar-refractivity contribution in [3.8, 4) is 5.75 Å². The number of piperidine rings is 1. The van der Waals surface area contributed by atoms with E-state index in [2.05, 4.69) is 25.2 Å². The highest BCUT2D eigenvalue weighted by Gasteiger charge is 2.24. The smallest absolute Gasteiger partial charge is 0.407 e. The number of unbranched alkanes of at least 4 members (excludes halogenated alkanes) is 3. The van der Waals surface area contributed by atoms with Gasteiger partial charge in [-0.3, -0.25) is 0 Å². The number of amides is 1. The highest BCUT2D eigenvalue weighted by molar-refractivity contribution is 5.68. The summed E-state index contributed by atoms with van der Waals surface area (Å²) in [5.41, 5.74) is 7.73. The molecule has 0 aliphatic carbocycles. The maximum Gasteiger partial charge on any atom is 0.407 e. The van der Waals surface area contributed by atoms with E-state index in [1.54, 1.807) is 6.20 Å². The normalized spacial score (nSPS) is 16.5. The van der Waals surface area contributed by atoms with E-state index in [4.69, 9.17) is 15.0 Å². The number of pyridine rings is 1. The van der Waals surface area contributed by atoms with E-state index in [0.29, 0.717) is 19.7 Å². The molecule has 2 rings (SSSR count). The van der Waals surface area contributed by atoms with Crippen LogP contribution < -0.4 is 15.0 Å². The maximum atomic E-state index is 12.0. The number of azide groups is 1. The van der Waals surface area contributed by atoms with Gasteiger partial charge in [0.25, 0.3) is 0 Å². The SMILES string of the molecule is CC(C)(C)OC(=O)N[C@@H]1CCCN(c2ccc(OCCCCCCN=[N+]=[N-])cn2)C1. The number of alkyl carbamates (subject to hydrolysis) is 1. The number of aromatic nitrogens is 1. The van der Waals surface area contributed by atoms with Crippen LogP contribution in [-0.4, -0.2) is 49.0 Å². The van der Waals surface area contributed by atoms with Gasteiger partial charge in [-0.05, 0) is 64.1 Å². The van der Waals surface area contributed by atoms with Gasteiger partial charge in [-0.15, -0.1) is 0 Å². The first kappa shape index (κ1) is 23.6. The lowest BCUT2D eigenvalue weighted by atomic mass is 10.1. The molecule has 1 aromatic heterocycles. The Bertz CT molecular complexity index is 698. The van der Waals surface area contributed by atoms with Gasteiger partial charge in [0.1, 0.15) is 17.2 Å². The van der Waals surface area contributed by atoms with Gasteiger partial charge in [0, 0.05) is 30.6 Å². The van der Waals surface area contributed by atoms with Gasteiger partial charge in [0.15, 0.2) is 0 Å². The van der Waals surface area contributed by atoms with Gasteiger partial charge < -0.3 is 19.7 Å². The molecule has 0 aromatic carbocycles. The van der Waals surface area contributed by atoms with Crippen molar-refractivity contribution in [1.29, 1.82) is 0 Å². The molecular formula is C21H34N6O3. The van der Waals surface area contributed by atoms with Crippen molar-refractivity contribution >= 4 is 11.9 Å². The summed E-state index contributed by atoms with van der Waals surface area (Å²) >= 11 is 0. The third-order valence-corrected chi connectivity index (χ3v) is 4.67. The lowest BCUT2D eigenvalue weighted by Crippen LogP contribution is -2.49. The van der Waals surface area contributed by atoms with E-state index in [1.807, 2.05) is 32.9 Å². The van der Waals surface area contributed by atoms with Crippen molar-refractivity contribution in [1.82, 2.24) is 10.3 Å². The molecule has 0 radical (unpaired) electrons. The van der Waals surface area contributed by atoms with Crippen molar-refractivity contribution in [2.75, 3.05) is 31.1 Å². The van der Waals surface area contributed by atoms with Crippen molar-refractivity contribution in [3.63, 3.8) is 0 Å². The number of anilines is 1. The van der Waals surface area contributed by atoms with Crippen LogP contribution in [0, 0.1) is 0 Å². The minimum atomic E-state index is -0.498. The average molecular weight is 419 g/mol. The molecule has 9 heteroatoms. The zero-order valence-corrected chi connectivity index (χ0v) is 18.3. The first-order valence-electron chi connectivity index (χ1n) is 10.7. The van der Waals surface area contributed by atoms with Crippen molar-refractivity contribution in [2.45, 2.75) is 70.9 Å². The summed E-state index contributed by atoms with van der Waals surface area (Å²) in [7, 11) is 0. The van der Waals surface area contributed by atoms with Crippen LogP contribution in [0.15, 0.2) is 23.4 Å². The number of carbonyl (C=O) groups is 1. The summed E-state index contributed by atoms with van der Waals surface area (Å²) in [5, 5.41) is 6.49. The monoisotopic (exact) mass is 418 g/mol. The quantitative estimate of drug-likeness (QED) is 0.253. The third-order valence-electron chi connectivity index (χ3n) is 4.67. The number of ether oxygens (including phenoxy) is 2. The Labute approximate surface area is 178 Å². The molecule has 1 saturated heterocycles. The minimum absolute atomic E-state index is 0.0465. The van der Waals surface area contributed by atoms with Gasteiger partial charge in [0.2, 0.25) is 0 Å². The van der Waals surface area contributed by atoms with Crippen LogP contribution in [0.1, 0.15) is 59.3 Å². The van der Waals surface area contributed by atoms with Crippen molar-refractivity contribution in [3.05, 3.63) is 28.8 Å². The Balaban J connectivity index is 1.72. The van der Waals surface area contributed by atoms with E-state index in [-0.39, 0.29) is 12.1 Å². The molecule has 1 N–H and O–H groups in total. The van der Waals surface area contributed by atoms with Crippen LogP contribution in [0.4, 0.5) is 10.6 Å². The largest absolute Gasteiger partial charge is 0.492 e. The second kappa shape index (κ2) is 12.1. The predicted molar refractivity (Wildman–Crippen MR) is 117 cm³/mol. The number of nitrogens with zero attached hydrogens (tertiary/aromatic N) is 5. The summed E-state index contributed by atoms with van der Waals surface area (Å²) < 4.78 is 11.1. The summed E-state index contributed by atoms with van der Waals surface area (Å²) in [4.78, 5) is 21.5. The fourth-order valence-corrected chi connectivity index (χ4v) is 3.30. The standard InChI is InChI=1S/C21H34N6O3/c1-21(2,3)30-20(28)25-17-9-8-13-27(16-17)19-11-10-18(15-23-19)29-14-7-5-4-6-12-24-26-22/h10-11,15,17H,4-9,12-14,16H2,1-3H3,(H,25,28)/t17-/m1/s1. The summed E-state index contributed by atoms with van der Waals surface area (Å²) in [6.45, 7) is 8.41. The Morgan fingerprint density at radius 2 is 2.13 bits per heavy atom. The van der Waals surface area contributed by atoms with Crippen LogP contribution in [0.5, 0.6) is 5.75 Å². The molecule has 166 valence electrons. The van der Waals surface area contributed by atoms with Crippen molar-refractivity contribution in [2.24, 2.45) is 5.11 Å². The van der Waals surface area contributed by atoms with Crippen molar-refractivity contribution < 1.29 is 14.3 Å². The number of nitrogens with one attached hydrogen (secondary N) is 1. The molecule has 1 atom stereocenters. The molecule has 30 heavy (non-hydrogen) atoms. The van der Waals surface area contributed by atoms with E-state index in [0.717, 1.165) is 56.6 Å². The molecule has 9 nitrogen and oxygen atoms in total. The van der Waals surface area contributed by atoms with Crippen LogP contribution >= 0.6 is 0 Å². The second-order valence-electron chi connectivity index (χ2n) is 8.50. The first-order chi connectivity index (χ1) is 14.4. The van der Waals surface area contributed by atoms with E-state index in [1.165, 1.54) is 0 Å². The van der Waals surface area contributed by atoms with Crippen LogP contribution in [0.3, 0.4) is 0 Å². The molecule has 0 unspecified atom stereocenters. The molecule has 1 aliphatic heterocycles. The Morgan fingerprint density at radius 1 is 1.33 bits per heavy atom. The number of rotatable bonds is 10. The Kier molecular flexibility index (Phi) is 9.54. The highest BCUT2D eigenvalue weighted by atomic mass is 16.6. The molecule has 0 bridgehead atoms. The number of carbonyl (C=O) groups excluding carboxylic acids is 1. The van der Waals surface area contributed by atoms with Gasteiger partial charge in [-0.25, -0.2) is 9.78 Å². The maximum absolute atomic E-state index is 12.0. The first-order valence-corrected chi connectivity index (χ1v) is 10.7. The van der Waals surface area contributed by atoms with E-state index in [9.17, 15) is 4.79 Å². The van der Waals surface area contributed by atoms with Crippen LogP contribution in [0.2, 0.25) is 0 Å². The fourth-order valence-electron chi connectivity index (χ4n) is 3.30. The third kappa shape index (κ3) is 9.22. The van der Waals surface area contributed by atoms with E-state index < -0.39 is 5.60 Å². The van der Waals surface area contributed by atoms with Gasteiger partial charge in [-0.2, -0.15) is 0 Å². The molecule has 1 aromatic rings. The Hall–Kier alpha value is -2.67. The fraction of sp³-hybridized carbons (Fsp3) is 0.714. The average Bonchev–Trinajstić information content (AvgIpc) is 2.69. The zero-order chi connectivity index (χ0) is 21.8. The highest BCUT2D eigenvalue weighted by Crippen LogP contribution is 2.21. The summed E-state index contributed by atoms with van der Waals surface area (Å²) in [6, 6.07) is 3.95. The molecule has 0 saturated carbocycles. The van der Waals surface area contributed by atoms with Crippen LogP contribution in [-0.2, 0) is 4.74 Å². The summed E-state index contributed by atoms with van der Waals surface area (Å²) in [6.07, 6.45) is 7.26. The topological polar surface area (TPSA) is 112 Å². The number of hydrogen-bond acceptors (Lipinski definition) is 6. The molecule has 2 heterocycles. The summed E-state index contributed by atoms with van der Waals surface area (Å²) in [5.74, 6) is 1.64. The van der Waals surface area contributed by atoms with Gasteiger partial charge in [0.05, 0.1) is 12.8 Å². The van der Waals surface area contributed by atoms with Crippen LogP contribution in [0.25, 0.3) is 10.4 Å². The molecule has 1 aliphatic rings. The van der Waals surface area contributed by atoms with Gasteiger partial charge >= 0.3 is 6.09 Å². The molecule has 1 fully saturated rings. The zero-order valence-electron chi connectivity index (χ0n) is 18.3. The second-order valence-corrected chi connectivity index (χ2v) is 8.50. The Morgan fingerprint density at radius 3 is 2.83 bits per heavy atom.